The van der Waals surface area contributed by atoms with E-state index >= 15 is 0 Å². The van der Waals surface area contributed by atoms with Crippen molar-refractivity contribution >= 4 is 0 Å². The fourth-order valence-electron chi connectivity index (χ4n) is 3.01. The van der Waals surface area contributed by atoms with E-state index in [-0.39, 0.29) is 0 Å². The molecule has 1 aromatic carbocycles. The van der Waals surface area contributed by atoms with Crippen molar-refractivity contribution in [3.63, 3.8) is 0 Å². The highest BCUT2D eigenvalue weighted by Crippen LogP contribution is 2.14. The van der Waals surface area contributed by atoms with Crippen LogP contribution < -0.4 is 4.74 Å². The first-order chi connectivity index (χ1) is 10.7. The van der Waals surface area contributed by atoms with E-state index in [1.807, 2.05) is 12.1 Å². The van der Waals surface area contributed by atoms with Crippen LogP contribution in [-0.4, -0.2) is 68.9 Å². The standard InChI is InChI=1S/C18H30N2O2/c1-4-22-14-13-20-12-11-19(15-16(20)2)10-9-17-5-7-18(21-3)8-6-17/h5-8,16H,4,9-15H2,1-3H3/t16-/m1/s1. The van der Waals surface area contributed by atoms with E-state index in [1.54, 1.807) is 7.11 Å². The smallest absolute Gasteiger partial charge is 0.118 e. The van der Waals surface area contributed by atoms with Gasteiger partial charge in [-0.1, -0.05) is 12.1 Å². The van der Waals surface area contributed by atoms with E-state index in [9.17, 15) is 0 Å². The van der Waals surface area contributed by atoms with Gasteiger partial charge in [0.25, 0.3) is 0 Å². The van der Waals surface area contributed by atoms with Crippen LogP contribution in [0, 0.1) is 0 Å². The Kier molecular flexibility index (Phi) is 7.16. The molecule has 0 bridgehead atoms. The highest BCUT2D eigenvalue weighted by Gasteiger charge is 2.22. The summed E-state index contributed by atoms with van der Waals surface area (Å²) in [4.78, 5) is 5.12. The molecule has 1 heterocycles. The number of piperazine rings is 1. The highest BCUT2D eigenvalue weighted by molar-refractivity contribution is 5.27. The molecule has 22 heavy (non-hydrogen) atoms. The monoisotopic (exact) mass is 306 g/mol. The molecule has 1 atom stereocenters. The lowest BCUT2D eigenvalue weighted by molar-refractivity contribution is 0.0498. The van der Waals surface area contributed by atoms with Gasteiger partial charge in [0, 0.05) is 45.4 Å². The van der Waals surface area contributed by atoms with Crippen LogP contribution in [0.4, 0.5) is 0 Å². The topological polar surface area (TPSA) is 24.9 Å². The lowest BCUT2D eigenvalue weighted by Gasteiger charge is -2.39. The molecule has 124 valence electrons. The van der Waals surface area contributed by atoms with E-state index in [0.717, 1.165) is 58.1 Å². The second kappa shape index (κ2) is 9.13. The number of ether oxygens (including phenoxy) is 2. The van der Waals surface area contributed by atoms with Gasteiger partial charge in [0.05, 0.1) is 13.7 Å². The van der Waals surface area contributed by atoms with E-state index < -0.39 is 0 Å². The van der Waals surface area contributed by atoms with Gasteiger partial charge in [0.1, 0.15) is 5.75 Å². The van der Waals surface area contributed by atoms with Crippen molar-refractivity contribution in [2.75, 3.05) is 53.0 Å². The largest absolute Gasteiger partial charge is 0.497 e. The number of nitrogens with zero attached hydrogens (tertiary/aromatic N) is 2. The summed E-state index contributed by atoms with van der Waals surface area (Å²) in [5.74, 6) is 0.931. The second-order valence-corrected chi connectivity index (χ2v) is 5.98. The molecule has 1 aromatic rings. The first-order valence-electron chi connectivity index (χ1n) is 8.40. The predicted octanol–water partition coefficient (Wildman–Crippen LogP) is 2.28. The van der Waals surface area contributed by atoms with E-state index in [4.69, 9.17) is 9.47 Å². The molecule has 2 rings (SSSR count). The third kappa shape index (κ3) is 5.27. The molecule has 1 aliphatic rings. The molecule has 0 aromatic heterocycles. The van der Waals surface area contributed by atoms with Crippen LogP contribution >= 0.6 is 0 Å². The van der Waals surface area contributed by atoms with Crippen LogP contribution in [0.15, 0.2) is 24.3 Å². The third-order valence-corrected chi connectivity index (χ3v) is 4.45. The summed E-state index contributed by atoms with van der Waals surface area (Å²) in [5.41, 5.74) is 1.38. The molecule has 0 aliphatic carbocycles. The lowest BCUT2D eigenvalue weighted by Crippen LogP contribution is -2.52. The maximum atomic E-state index is 5.47. The van der Waals surface area contributed by atoms with Crippen molar-refractivity contribution in [1.82, 2.24) is 9.80 Å². The first-order valence-corrected chi connectivity index (χ1v) is 8.40. The van der Waals surface area contributed by atoms with Crippen LogP contribution in [0.2, 0.25) is 0 Å². The molecule has 0 N–H and O–H groups in total. The Balaban J connectivity index is 1.71. The van der Waals surface area contributed by atoms with Gasteiger partial charge in [0.15, 0.2) is 0 Å². The minimum absolute atomic E-state index is 0.616. The van der Waals surface area contributed by atoms with Gasteiger partial charge in [-0.2, -0.15) is 0 Å². The molecule has 4 nitrogen and oxygen atoms in total. The van der Waals surface area contributed by atoms with Crippen molar-refractivity contribution in [2.24, 2.45) is 0 Å². The Morgan fingerprint density at radius 2 is 1.91 bits per heavy atom. The highest BCUT2D eigenvalue weighted by atomic mass is 16.5. The summed E-state index contributed by atoms with van der Waals surface area (Å²) in [6, 6.07) is 9.04. The number of methoxy groups -OCH3 is 1. The number of rotatable bonds is 8. The van der Waals surface area contributed by atoms with Crippen molar-refractivity contribution in [1.29, 1.82) is 0 Å². The van der Waals surface area contributed by atoms with Crippen LogP contribution in [0.1, 0.15) is 19.4 Å². The maximum Gasteiger partial charge on any atom is 0.118 e. The zero-order chi connectivity index (χ0) is 15.8. The van der Waals surface area contributed by atoms with Gasteiger partial charge in [-0.3, -0.25) is 4.90 Å². The summed E-state index contributed by atoms with van der Waals surface area (Å²) >= 11 is 0. The van der Waals surface area contributed by atoms with Crippen LogP contribution in [0.5, 0.6) is 5.75 Å². The van der Waals surface area contributed by atoms with Gasteiger partial charge in [-0.15, -0.1) is 0 Å². The Labute approximate surface area is 135 Å². The fourth-order valence-corrected chi connectivity index (χ4v) is 3.01. The van der Waals surface area contributed by atoms with Crippen molar-refractivity contribution in [3.05, 3.63) is 29.8 Å². The normalized spacial score (nSPS) is 20.2. The van der Waals surface area contributed by atoms with Gasteiger partial charge in [-0.05, 0) is 38.0 Å². The Hall–Kier alpha value is -1.10. The minimum Gasteiger partial charge on any atom is -0.497 e. The number of hydrogen-bond donors (Lipinski definition) is 0. The molecule has 4 heteroatoms. The Bertz CT molecular complexity index is 422. The molecule has 1 aliphatic heterocycles. The lowest BCUT2D eigenvalue weighted by atomic mass is 10.1. The Morgan fingerprint density at radius 1 is 1.14 bits per heavy atom. The molecule has 0 saturated carbocycles. The number of benzene rings is 1. The van der Waals surface area contributed by atoms with E-state index in [1.165, 1.54) is 5.56 Å². The van der Waals surface area contributed by atoms with Crippen molar-refractivity contribution in [3.8, 4) is 5.75 Å². The maximum absolute atomic E-state index is 5.47. The predicted molar refractivity (Wildman–Crippen MR) is 90.7 cm³/mol. The van der Waals surface area contributed by atoms with Crippen LogP contribution in [-0.2, 0) is 11.2 Å². The van der Waals surface area contributed by atoms with Crippen LogP contribution in [0.25, 0.3) is 0 Å². The summed E-state index contributed by atoms with van der Waals surface area (Å²) in [5, 5.41) is 0. The van der Waals surface area contributed by atoms with Crippen molar-refractivity contribution in [2.45, 2.75) is 26.3 Å². The minimum atomic E-state index is 0.616. The summed E-state index contributed by atoms with van der Waals surface area (Å²) in [6.45, 7) is 11.7. The molecule has 0 amide bonds. The molecule has 1 saturated heterocycles. The third-order valence-electron chi connectivity index (χ3n) is 4.45. The molecule has 0 radical (unpaired) electrons. The van der Waals surface area contributed by atoms with E-state index in [2.05, 4.69) is 35.8 Å². The summed E-state index contributed by atoms with van der Waals surface area (Å²) in [6.07, 6.45) is 1.11. The van der Waals surface area contributed by atoms with Crippen molar-refractivity contribution < 1.29 is 9.47 Å². The van der Waals surface area contributed by atoms with Gasteiger partial charge < -0.3 is 14.4 Å². The zero-order valence-corrected chi connectivity index (χ0v) is 14.3. The Morgan fingerprint density at radius 3 is 2.55 bits per heavy atom. The quantitative estimate of drug-likeness (QED) is 0.688. The first kappa shape index (κ1) is 17.3. The molecule has 0 spiro atoms. The number of hydrogen-bond acceptors (Lipinski definition) is 4. The van der Waals surface area contributed by atoms with Gasteiger partial charge in [-0.25, -0.2) is 0 Å². The fraction of sp³-hybridized carbons (Fsp3) is 0.667. The SMILES string of the molecule is CCOCCN1CCN(CCc2ccc(OC)cc2)C[C@H]1C. The molecule has 1 fully saturated rings. The average Bonchev–Trinajstić information content (AvgIpc) is 2.55. The summed E-state index contributed by atoms with van der Waals surface area (Å²) in [7, 11) is 1.71. The zero-order valence-electron chi connectivity index (χ0n) is 14.3. The molecule has 0 unspecified atom stereocenters. The summed E-state index contributed by atoms with van der Waals surface area (Å²) < 4.78 is 10.7. The van der Waals surface area contributed by atoms with E-state index in [0.29, 0.717) is 6.04 Å². The molecular weight excluding hydrogens is 276 g/mol. The second-order valence-electron chi connectivity index (χ2n) is 5.98. The average molecular weight is 306 g/mol. The molecular formula is C18H30N2O2. The van der Waals surface area contributed by atoms with Gasteiger partial charge >= 0.3 is 0 Å². The van der Waals surface area contributed by atoms with Crippen LogP contribution in [0.3, 0.4) is 0 Å². The van der Waals surface area contributed by atoms with Gasteiger partial charge in [0.2, 0.25) is 0 Å².